The standard InChI is InChI=1S/C24H25N3S/c1-3-18-4-6-19(7-5-18)15-27(16-20-8-11-22(28-2)12-9-20)21-10-13-23-24(14-21)26-17-25-23/h4-14,17H,3,15-16H2,1-2H3,(H,25,26). The van der Waals surface area contributed by atoms with Gasteiger partial charge in [-0.1, -0.05) is 43.3 Å². The molecule has 4 aromatic rings. The van der Waals surface area contributed by atoms with Gasteiger partial charge < -0.3 is 9.88 Å². The van der Waals surface area contributed by atoms with Crippen LogP contribution in [0.3, 0.4) is 0 Å². The van der Waals surface area contributed by atoms with Crippen LogP contribution in [0.15, 0.2) is 78.0 Å². The zero-order chi connectivity index (χ0) is 19.3. The number of thioether (sulfide) groups is 1. The van der Waals surface area contributed by atoms with Crippen LogP contribution in [0.1, 0.15) is 23.6 Å². The topological polar surface area (TPSA) is 31.9 Å². The van der Waals surface area contributed by atoms with E-state index in [2.05, 4.69) is 94.8 Å². The summed E-state index contributed by atoms with van der Waals surface area (Å²) >= 11 is 1.78. The summed E-state index contributed by atoms with van der Waals surface area (Å²) in [6.07, 6.45) is 4.94. The molecule has 4 rings (SSSR count). The Labute approximate surface area is 170 Å². The largest absolute Gasteiger partial charge is 0.363 e. The Kier molecular flexibility index (Phi) is 5.68. The quantitative estimate of drug-likeness (QED) is 0.392. The molecule has 1 heterocycles. The molecule has 0 radical (unpaired) electrons. The fraction of sp³-hybridized carbons (Fsp3) is 0.208. The molecular weight excluding hydrogens is 362 g/mol. The number of nitrogens with one attached hydrogen (secondary N) is 1. The van der Waals surface area contributed by atoms with Crippen molar-refractivity contribution in [1.82, 2.24) is 9.97 Å². The van der Waals surface area contributed by atoms with Gasteiger partial charge >= 0.3 is 0 Å². The van der Waals surface area contributed by atoms with Crippen LogP contribution < -0.4 is 4.90 Å². The van der Waals surface area contributed by atoms with Crippen molar-refractivity contribution in [2.45, 2.75) is 31.3 Å². The van der Waals surface area contributed by atoms with Crippen LogP contribution in [0.25, 0.3) is 11.0 Å². The molecule has 0 spiro atoms. The second-order valence-electron chi connectivity index (χ2n) is 6.98. The van der Waals surface area contributed by atoms with E-state index >= 15 is 0 Å². The summed E-state index contributed by atoms with van der Waals surface area (Å²) in [5, 5.41) is 0. The minimum Gasteiger partial charge on any atom is -0.363 e. The van der Waals surface area contributed by atoms with E-state index in [0.29, 0.717) is 0 Å². The normalized spacial score (nSPS) is 11.1. The number of aryl methyl sites for hydroxylation is 1. The van der Waals surface area contributed by atoms with Gasteiger partial charge in [0.15, 0.2) is 0 Å². The van der Waals surface area contributed by atoms with Gasteiger partial charge in [0.05, 0.1) is 17.4 Å². The molecule has 0 unspecified atom stereocenters. The molecule has 1 N–H and O–H groups in total. The van der Waals surface area contributed by atoms with Crippen molar-refractivity contribution < 1.29 is 0 Å². The first kappa shape index (κ1) is 18.6. The van der Waals surface area contributed by atoms with Crippen molar-refractivity contribution in [3.05, 3.63) is 89.7 Å². The first-order valence-corrected chi connectivity index (χ1v) is 10.9. The molecule has 3 nitrogen and oxygen atoms in total. The predicted octanol–water partition coefficient (Wildman–Crippen LogP) is 6.05. The van der Waals surface area contributed by atoms with E-state index in [1.165, 1.54) is 27.3 Å². The van der Waals surface area contributed by atoms with Gasteiger partial charge in [0.1, 0.15) is 0 Å². The summed E-state index contributed by atoms with van der Waals surface area (Å²) in [6.45, 7) is 3.93. The van der Waals surface area contributed by atoms with Crippen molar-refractivity contribution >= 4 is 28.5 Å². The van der Waals surface area contributed by atoms with Crippen LogP contribution >= 0.6 is 11.8 Å². The molecule has 0 fully saturated rings. The Hall–Kier alpha value is -2.72. The summed E-state index contributed by atoms with van der Waals surface area (Å²) in [5.74, 6) is 0. The number of hydrogen-bond donors (Lipinski definition) is 1. The summed E-state index contributed by atoms with van der Waals surface area (Å²) in [5.41, 5.74) is 7.28. The maximum Gasteiger partial charge on any atom is 0.0931 e. The first-order chi connectivity index (χ1) is 13.7. The van der Waals surface area contributed by atoms with Crippen molar-refractivity contribution in [2.75, 3.05) is 11.2 Å². The molecule has 0 bridgehead atoms. The van der Waals surface area contributed by atoms with Gasteiger partial charge in [-0.25, -0.2) is 4.98 Å². The molecule has 0 atom stereocenters. The van der Waals surface area contributed by atoms with Crippen molar-refractivity contribution in [3.8, 4) is 0 Å². The fourth-order valence-electron chi connectivity index (χ4n) is 3.41. The van der Waals surface area contributed by atoms with Gasteiger partial charge in [-0.05, 0) is 59.7 Å². The van der Waals surface area contributed by atoms with Gasteiger partial charge in [0, 0.05) is 23.7 Å². The molecule has 0 aliphatic carbocycles. The Morgan fingerprint density at radius 1 is 0.857 bits per heavy atom. The minimum atomic E-state index is 0.865. The molecule has 0 saturated heterocycles. The number of fused-ring (bicyclic) bond motifs is 1. The molecule has 142 valence electrons. The number of aromatic nitrogens is 2. The van der Waals surface area contributed by atoms with E-state index in [4.69, 9.17) is 0 Å². The Morgan fingerprint density at radius 2 is 1.50 bits per heavy atom. The Bertz CT molecular complexity index is 986. The molecule has 0 aliphatic heterocycles. The van der Waals surface area contributed by atoms with E-state index in [0.717, 1.165) is 30.5 Å². The summed E-state index contributed by atoms with van der Waals surface area (Å²) in [4.78, 5) is 11.3. The highest BCUT2D eigenvalue weighted by Gasteiger charge is 2.11. The number of hydrogen-bond acceptors (Lipinski definition) is 3. The lowest BCUT2D eigenvalue weighted by Gasteiger charge is -2.25. The van der Waals surface area contributed by atoms with E-state index in [-0.39, 0.29) is 0 Å². The van der Waals surface area contributed by atoms with Crippen LogP contribution in [-0.2, 0) is 19.5 Å². The van der Waals surface area contributed by atoms with Crippen molar-refractivity contribution in [1.29, 1.82) is 0 Å². The number of aromatic amines is 1. The van der Waals surface area contributed by atoms with Crippen molar-refractivity contribution in [2.24, 2.45) is 0 Å². The molecule has 0 saturated carbocycles. The van der Waals surface area contributed by atoms with Gasteiger partial charge in [0.25, 0.3) is 0 Å². The number of anilines is 1. The van der Waals surface area contributed by atoms with Crippen LogP contribution in [0.2, 0.25) is 0 Å². The fourth-order valence-corrected chi connectivity index (χ4v) is 3.82. The highest BCUT2D eigenvalue weighted by molar-refractivity contribution is 7.98. The van der Waals surface area contributed by atoms with Gasteiger partial charge in [-0.15, -0.1) is 11.8 Å². The third-order valence-corrected chi connectivity index (χ3v) is 5.85. The van der Waals surface area contributed by atoms with Crippen LogP contribution in [0, 0.1) is 0 Å². The first-order valence-electron chi connectivity index (χ1n) is 9.64. The molecule has 28 heavy (non-hydrogen) atoms. The third-order valence-electron chi connectivity index (χ3n) is 5.11. The van der Waals surface area contributed by atoms with Gasteiger partial charge in [-0.3, -0.25) is 0 Å². The lowest BCUT2D eigenvalue weighted by atomic mass is 10.1. The summed E-state index contributed by atoms with van der Waals surface area (Å²) < 4.78 is 0. The monoisotopic (exact) mass is 387 g/mol. The van der Waals surface area contributed by atoms with Crippen molar-refractivity contribution in [3.63, 3.8) is 0 Å². The van der Waals surface area contributed by atoms with Crippen LogP contribution in [0.4, 0.5) is 5.69 Å². The third kappa shape index (κ3) is 4.23. The number of benzene rings is 3. The minimum absolute atomic E-state index is 0.865. The molecule has 1 aromatic heterocycles. The van der Waals surface area contributed by atoms with E-state index in [1.54, 1.807) is 18.1 Å². The number of H-pyrrole nitrogens is 1. The Morgan fingerprint density at radius 3 is 2.14 bits per heavy atom. The van der Waals surface area contributed by atoms with E-state index in [1.807, 2.05) is 0 Å². The number of rotatable bonds is 7. The molecule has 0 aliphatic rings. The number of imidazole rings is 1. The second-order valence-corrected chi connectivity index (χ2v) is 7.86. The summed E-state index contributed by atoms with van der Waals surface area (Å²) in [6, 6.07) is 24.3. The van der Waals surface area contributed by atoms with E-state index in [9.17, 15) is 0 Å². The second kappa shape index (κ2) is 8.53. The average Bonchev–Trinajstić information content (AvgIpc) is 3.22. The zero-order valence-electron chi connectivity index (χ0n) is 16.4. The predicted molar refractivity (Wildman–Crippen MR) is 120 cm³/mol. The van der Waals surface area contributed by atoms with Gasteiger partial charge in [-0.2, -0.15) is 0 Å². The van der Waals surface area contributed by atoms with Gasteiger partial charge in [0.2, 0.25) is 0 Å². The highest BCUT2D eigenvalue weighted by Crippen LogP contribution is 2.25. The molecule has 4 heteroatoms. The molecular formula is C24H25N3S. The lowest BCUT2D eigenvalue weighted by molar-refractivity contribution is 0.799. The zero-order valence-corrected chi connectivity index (χ0v) is 17.2. The Balaban J connectivity index is 1.63. The SMILES string of the molecule is CCc1ccc(CN(Cc2ccc(SC)cc2)c2ccc3nc[nH]c3c2)cc1. The molecule has 0 amide bonds. The molecule has 3 aromatic carbocycles. The average molecular weight is 388 g/mol. The maximum atomic E-state index is 4.35. The van der Waals surface area contributed by atoms with Crippen LogP contribution in [-0.4, -0.2) is 16.2 Å². The lowest BCUT2D eigenvalue weighted by Crippen LogP contribution is -2.22. The highest BCUT2D eigenvalue weighted by atomic mass is 32.2. The number of nitrogens with zero attached hydrogens (tertiary/aromatic N) is 2. The van der Waals surface area contributed by atoms with Crippen LogP contribution in [0.5, 0.6) is 0 Å². The maximum absolute atomic E-state index is 4.35. The van der Waals surface area contributed by atoms with E-state index < -0.39 is 0 Å². The summed E-state index contributed by atoms with van der Waals surface area (Å²) in [7, 11) is 0. The smallest absolute Gasteiger partial charge is 0.0931 e.